The average molecular weight is 416 g/mol. The third-order valence-corrected chi connectivity index (χ3v) is 5.40. The van der Waals surface area contributed by atoms with Crippen LogP contribution < -0.4 is 10.1 Å². The molecular formula is C24H21N3O2S. The summed E-state index contributed by atoms with van der Waals surface area (Å²) in [5.41, 5.74) is 4.44. The maximum absolute atomic E-state index is 13.0. The Morgan fingerprint density at radius 2 is 1.93 bits per heavy atom. The number of ether oxygens (including phenoxy) is 1. The summed E-state index contributed by atoms with van der Waals surface area (Å²) in [6, 6.07) is 17.5. The van der Waals surface area contributed by atoms with E-state index in [1.165, 1.54) is 0 Å². The Morgan fingerprint density at radius 3 is 2.70 bits per heavy atom. The predicted molar refractivity (Wildman–Crippen MR) is 120 cm³/mol. The summed E-state index contributed by atoms with van der Waals surface area (Å²) in [7, 11) is 0. The topological polar surface area (TPSA) is 64.1 Å². The molecule has 0 spiro atoms. The van der Waals surface area contributed by atoms with Crippen LogP contribution in [0.1, 0.15) is 22.8 Å². The lowest BCUT2D eigenvalue weighted by Crippen LogP contribution is -2.23. The van der Waals surface area contributed by atoms with Crippen LogP contribution in [0.5, 0.6) is 5.75 Å². The standard InChI is InChI=1S/C24H21N3O2S/c1-2-29-22-9-8-18(20-7-4-10-25-16-20)14-21(22)23(28)27-15-17-5-3-6-19(13-17)24-26-11-12-30-24/h3-14,16H,2,15H2,1H3,(H,27,28). The molecule has 0 atom stereocenters. The summed E-state index contributed by atoms with van der Waals surface area (Å²) < 4.78 is 5.69. The first kappa shape index (κ1) is 19.8. The molecular weight excluding hydrogens is 394 g/mol. The van der Waals surface area contributed by atoms with Crippen LogP contribution in [0.4, 0.5) is 0 Å². The largest absolute Gasteiger partial charge is 0.493 e. The van der Waals surface area contributed by atoms with Crippen molar-refractivity contribution in [3.05, 3.63) is 89.7 Å². The van der Waals surface area contributed by atoms with Gasteiger partial charge < -0.3 is 10.1 Å². The fourth-order valence-corrected chi connectivity index (χ4v) is 3.80. The smallest absolute Gasteiger partial charge is 0.255 e. The van der Waals surface area contributed by atoms with Crippen LogP contribution in [-0.4, -0.2) is 22.5 Å². The quantitative estimate of drug-likeness (QED) is 0.451. The van der Waals surface area contributed by atoms with Crippen molar-refractivity contribution in [3.8, 4) is 27.4 Å². The molecule has 0 aliphatic heterocycles. The summed E-state index contributed by atoms with van der Waals surface area (Å²) in [6.07, 6.45) is 5.30. The van der Waals surface area contributed by atoms with Crippen molar-refractivity contribution in [2.75, 3.05) is 6.61 Å². The number of hydrogen-bond donors (Lipinski definition) is 1. The number of carbonyl (C=O) groups is 1. The predicted octanol–water partition coefficient (Wildman–Crippen LogP) is 5.20. The van der Waals surface area contributed by atoms with E-state index in [4.69, 9.17) is 4.74 Å². The maximum atomic E-state index is 13.0. The van der Waals surface area contributed by atoms with E-state index in [9.17, 15) is 4.79 Å². The number of hydrogen-bond acceptors (Lipinski definition) is 5. The Balaban J connectivity index is 1.54. The fourth-order valence-electron chi connectivity index (χ4n) is 3.16. The Hall–Kier alpha value is -3.51. The highest BCUT2D eigenvalue weighted by Gasteiger charge is 2.14. The van der Waals surface area contributed by atoms with Crippen molar-refractivity contribution in [1.82, 2.24) is 15.3 Å². The summed E-state index contributed by atoms with van der Waals surface area (Å²) in [5.74, 6) is 0.392. The van der Waals surface area contributed by atoms with E-state index in [-0.39, 0.29) is 5.91 Å². The molecule has 6 heteroatoms. The van der Waals surface area contributed by atoms with E-state index >= 15 is 0 Å². The van der Waals surface area contributed by atoms with Crippen LogP contribution in [0.15, 0.2) is 78.6 Å². The number of thiazole rings is 1. The number of carbonyl (C=O) groups excluding carboxylic acids is 1. The molecule has 0 radical (unpaired) electrons. The molecule has 1 amide bonds. The zero-order chi connectivity index (χ0) is 20.8. The van der Waals surface area contributed by atoms with Gasteiger partial charge in [0, 0.05) is 41.6 Å². The molecule has 0 saturated heterocycles. The Labute approximate surface area is 179 Å². The number of nitrogens with zero attached hydrogens (tertiary/aromatic N) is 2. The van der Waals surface area contributed by atoms with Gasteiger partial charge in [0.2, 0.25) is 0 Å². The van der Waals surface area contributed by atoms with Gasteiger partial charge in [-0.1, -0.05) is 30.3 Å². The fraction of sp³-hybridized carbons (Fsp3) is 0.125. The first-order chi connectivity index (χ1) is 14.7. The van der Waals surface area contributed by atoms with Gasteiger partial charge in [-0.3, -0.25) is 9.78 Å². The summed E-state index contributed by atoms with van der Waals surface area (Å²) in [5, 5.41) is 5.93. The van der Waals surface area contributed by atoms with Crippen LogP contribution in [-0.2, 0) is 6.54 Å². The molecule has 0 bridgehead atoms. The van der Waals surface area contributed by atoms with Crippen LogP contribution in [0.3, 0.4) is 0 Å². The van der Waals surface area contributed by atoms with Crippen LogP contribution in [0.2, 0.25) is 0 Å². The number of rotatable bonds is 7. The second-order valence-corrected chi connectivity index (χ2v) is 7.50. The molecule has 2 aromatic heterocycles. The molecule has 4 rings (SSSR count). The first-order valence-corrected chi connectivity index (χ1v) is 10.6. The average Bonchev–Trinajstić information content (AvgIpc) is 3.34. The monoisotopic (exact) mass is 415 g/mol. The lowest BCUT2D eigenvalue weighted by molar-refractivity contribution is 0.0947. The van der Waals surface area contributed by atoms with E-state index in [2.05, 4.69) is 21.4 Å². The molecule has 30 heavy (non-hydrogen) atoms. The van der Waals surface area contributed by atoms with Crippen molar-refractivity contribution >= 4 is 17.2 Å². The normalized spacial score (nSPS) is 10.6. The summed E-state index contributed by atoms with van der Waals surface area (Å²) >= 11 is 1.59. The third-order valence-electron chi connectivity index (χ3n) is 4.58. The Kier molecular flexibility index (Phi) is 6.15. The van der Waals surface area contributed by atoms with Crippen LogP contribution >= 0.6 is 11.3 Å². The minimum atomic E-state index is -0.177. The van der Waals surface area contributed by atoms with Gasteiger partial charge in [0.25, 0.3) is 5.91 Å². The number of benzene rings is 2. The van der Waals surface area contributed by atoms with E-state index in [1.807, 2.05) is 60.8 Å². The lowest BCUT2D eigenvalue weighted by Gasteiger charge is -2.13. The lowest BCUT2D eigenvalue weighted by atomic mass is 10.0. The van der Waals surface area contributed by atoms with Gasteiger partial charge in [-0.15, -0.1) is 11.3 Å². The maximum Gasteiger partial charge on any atom is 0.255 e. The molecule has 1 N–H and O–H groups in total. The molecule has 2 aromatic carbocycles. The third kappa shape index (κ3) is 4.55. The van der Waals surface area contributed by atoms with Gasteiger partial charge >= 0.3 is 0 Å². The molecule has 0 saturated carbocycles. The molecule has 4 aromatic rings. The molecule has 5 nitrogen and oxygen atoms in total. The number of pyridine rings is 1. The second-order valence-electron chi connectivity index (χ2n) is 6.61. The Bertz CT molecular complexity index is 1130. The molecule has 0 fully saturated rings. The number of nitrogens with one attached hydrogen (secondary N) is 1. The van der Waals surface area contributed by atoms with E-state index in [0.29, 0.717) is 24.5 Å². The first-order valence-electron chi connectivity index (χ1n) is 9.69. The zero-order valence-electron chi connectivity index (χ0n) is 16.5. The number of amides is 1. The van der Waals surface area contributed by atoms with Crippen molar-refractivity contribution in [2.24, 2.45) is 0 Å². The van der Waals surface area contributed by atoms with E-state index in [1.54, 1.807) is 29.9 Å². The van der Waals surface area contributed by atoms with Crippen molar-refractivity contribution in [2.45, 2.75) is 13.5 Å². The number of aromatic nitrogens is 2. The van der Waals surface area contributed by atoms with Gasteiger partial charge in [0.05, 0.1) is 12.2 Å². The zero-order valence-corrected chi connectivity index (χ0v) is 17.4. The minimum absolute atomic E-state index is 0.177. The van der Waals surface area contributed by atoms with Crippen molar-refractivity contribution in [1.29, 1.82) is 0 Å². The highest BCUT2D eigenvalue weighted by Crippen LogP contribution is 2.27. The Morgan fingerprint density at radius 1 is 1.03 bits per heavy atom. The molecule has 150 valence electrons. The highest BCUT2D eigenvalue weighted by molar-refractivity contribution is 7.13. The van der Waals surface area contributed by atoms with Crippen LogP contribution in [0.25, 0.3) is 21.7 Å². The summed E-state index contributed by atoms with van der Waals surface area (Å²) in [6.45, 7) is 2.81. The minimum Gasteiger partial charge on any atom is -0.493 e. The molecule has 2 heterocycles. The highest BCUT2D eigenvalue weighted by atomic mass is 32.1. The van der Waals surface area contributed by atoms with Gasteiger partial charge in [-0.25, -0.2) is 4.98 Å². The van der Waals surface area contributed by atoms with Crippen molar-refractivity contribution in [3.63, 3.8) is 0 Å². The van der Waals surface area contributed by atoms with E-state index < -0.39 is 0 Å². The van der Waals surface area contributed by atoms with E-state index in [0.717, 1.165) is 27.3 Å². The molecule has 0 unspecified atom stereocenters. The van der Waals surface area contributed by atoms with Gasteiger partial charge in [0.15, 0.2) is 0 Å². The van der Waals surface area contributed by atoms with Crippen LogP contribution in [0, 0.1) is 0 Å². The summed E-state index contributed by atoms with van der Waals surface area (Å²) in [4.78, 5) is 21.5. The SMILES string of the molecule is CCOc1ccc(-c2cccnc2)cc1C(=O)NCc1cccc(-c2nccs2)c1. The molecule has 0 aliphatic carbocycles. The van der Waals surface area contributed by atoms with Gasteiger partial charge in [0.1, 0.15) is 10.8 Å². The van der Waals surface area contributed by atoms with Crippen molar-refractivity contribution < 1.29 is 9.53 Å². The second kappa shape index (κ2) is 9.33. The van der Waals surface area contributed by atoms with Gasteiger partial charge in [-0.05, 0) is 42.3 Å². The molecule has 0 aliphatic rings. The van der Waals surface area contributed by atoms with Gasteiger partial charge in [-0.2, -0.15) is 0 Å².